The predicted molar refractivity (Wildman–Crippen MR) is 98.5 cm³/mol. The van der Waals surface area contributed by atoms with Gasteiger partial charge in [0.1, 0.15) is 0 Å². The summed E-state index contributed by atoms with van der Waals surface area (Å²) in [6.45, 7) is 6.02. The number of aromatic nitrogens is 2. The highest BCUT2D eigenvalue weighted by Gasteiger charge is 2.17. The lowest BCUT2D eigenvalue weighted by Gasteiger charge is -2.08. The number of nitrogens with zero attached hydrogens (tertiary/aromatic N) is 2. The Morgan fingerprint density at radius 3 is 2.52 bits per heavy atom. The summed E-state index contributed by atoms with van der Waals surface area (Å²) in [4.78, 5) is 23.5. The second kappa shape index (κ2) is 8.36. The van der Waals surface area contributed by atoms with E-state index in [2.05, 4.69) is 15.7 Å². The van der Waals surface area contributed by atoms with Crippen molar-refractivity contribution in [2.75, 3.05) is 13.1 Å². The summed E-state index contributed by atoms with van der Waals surface area (Å²) < 4.78 is 1.69. The summed E-state index contributed by atoms with van der Waals surface area (Å²) in [7, 11) is 0. The molecule has 0 atom stereocenters. The Kier molecular flexibility index (Phi) is 6.45. The number of nitrogens with one attached hydrogen (secondary N) is 2. The molecule has 1 heterocycles. The first-order valence-electron chi connectivity index (χ1n) is 7.87. The zero-order valence-electron chi connectivity index (χ0n) is 14.3. The molecule has 0 spiro atoms. The minimum atomic E-state index is -0.237. The van der Waals surface area contributed by atoms with E-state index in [0.29, 0.717) is 22.3 Å². The summed E-state index contributed by atoms with van der Waals surface area (Å²) in [5.74, 6) is -0.452. The Bertz CT molecular complexity index is 802. The van der Waals surface area contributed by atoms with E-state index in [1.165, 1.54) is 0 Å². The molecule has 0 aliphatic heterocycles. The number of carbonyl (C=O) groups excluding carboxylic acids is 2. The molecule has 0 saturated heterocycles. The monoisotopic (exact) mass is 382 g/mol. The van der Waals surface area contributed by atoms with E-state index < -0.39 is 0 Å². The summed E-state index contributed by atoms with van der Waals surface area (Å²) in [5, 5.41) is 10.7. The fourth-order valence-electron chi connectivity index (χ4n) is 2.48. The molecule has 0 fully saturated rings. The third-order valence-corrected chi connectivity index (χ3v) is 4.27. The minimum Gasteiger partial charge on any atom is -0.355 e. The molecule has 0 saturated carbocycles. The summed E-state index contributed by atoms with van der Waals surface area (Å²) in [6.07, 6.45) is 0.141. The summed E-state index contributed by atoms with van der Waals surface area (Å²) in [5.41, 5.74) is 3.05. The number of hydrogen-bond donors (Lipinski definition) is 2. The van der Waals surface area contributed by atoms with Crippen LogP contribution in [-0.2, 0) is 16.0 Å². The lowest BCUT2D eigenvalue weighted by atomic mass is 10.1. The number of aryl methyl sites for hydroxylation is 1. The quantitative estimate of drug-likeness (QED) is 0.805. The van der Waals surface area contributed by atoms with Gasteiger partial charge in [-0.05, 0) is 39.0 Å². The van der Waals surface area contributed by atoms with E-state index in [1.807, 2.05) is 20.8 Å². The zero-order chi connectivity index (χ0) is 18.6. The molecule has 2 amide bonds. The molecule has 1 aromatic carbocycles. The number of amides is 2. The van der Waals surface area contributed by atoms with Crippen molar-refractivity contribution in [2.45, 2.75) is 27.2 Å². The van der Waals surface area contributed by atoms with Crippen molar-refractivity contribution in [3.8, 4) is 5.69 Å². The van der Waals surface area contributed by atoms with Crippen molar-refractivity contribution in [3.05, 3.63) is 45.2 Å². The topological polar surface area (TPSA) is 76.0 Å². The maximum Gasteiger partial charge on any atom is 0.239 e. The Hall–Kier alpha value is -2.05. The molecule has 134 valence electrons. The number of carbonyl (C=O) groups is 2. The average Bonchev–Trinajstić information content (AvgIpc) is 2.81. The number of rotatable bonds is 6. The summed E-state index contributed by atoms with van der Waals surface area (Å²) in [6, 6.07) is 5.16. The molecule has 0 aliphatic rings. The van der Waals surface area contributed by atoms with Gasteiger partial charge in [0, 0.05) is 22.8 Å². The molecule has 1 aromatic heterocycles. The highest BCUT2D eigenvalue weighted by Crippen LogP contribution is 2.27. The van der Waals surface area contributed by atoms with Crippen LogP contribution in [0.5, 0.6) is 0 Å². The Morgan fingerprint density at radius 2 is 1.88 bits per heavy atom. The van der Waals surface area contributed by atoms with Crippen LogP contribution in [0.25, 0.3) is 5.69 Å². The smallest absolute Gasteiger partial charge is 0.239 e. The summed E-state index contributed by atoms with van der Waals surface area (Å²) >= 11 is 12.2. The molecule has 0 unspecified atom stereocenters. The second-order valence-corrected chi connectivity index (χ2v) is 6.41. The van der Waals surface area contributed by atoms with Crippen molar-refractivity contribution < 1.29 is 9.59 Å². The average molecular weight is 383 g/mol. The first-order valence-corrected chi connectivity index (χ1v) is 8.63. The Morgan fingerprint density at radius 1 is 1.16 bits per heavy atom. The zero-order valence-corrected chi connectivity index (χ0v) is 15.8. The Balaban J connectivity index is 2.16. The highest BCUT2D eigenvalue weighted by atomic mass is 35.5. The van der Waals surface area contributed by atoms with Gasteiger partial charge in [0.2, 0.25) is 11.8 Å². The maximum absolute atomic E-state index is 12.1. The number of hydrogen-bond acceptors (Lipinski definition) is 3. The minimum absolute atomic E-state index is 0.0398. The second-order valence-electron chi connectivity index (χ2n) is 5.56. The van der Waals surface area contributed by atoms with Crippen LogP contribution < -0.4 is 10.6 Å². The fourth-order valence-corrected chi connectivity index (χ4v) is 2.97. The van der Waals surface area contributed by atoms with Crippen LogP contribution in [-0.4, -0.2) is 34.7 Å². The van der Waals surface area contributed by atoms with E-state index in [-0.39, 0.29) is 24.8 Å². The van der Waals surface area contributed by atoms with Crippen LogP contribution >= 0.6 is 23.2 Å². The van der Waals surface area contributed by atoms with Gasteiger partial charge in [-0.25, -0.2) is 4.68 Å². The molecular weight excluding hydrogens is 363 g/mol. The van der Waals surface area contributed by atoms with Crippen LogP contribution in [0.15, 0.2) is 18.2 Å². The van der Waals surface area contributed by atoms with Gasteiger partial charge in [-0.15, -0.1) is 0 Å². The molecule has 25 heavy (non-hydrogen) atoms. The molecule has 2 aromatic rings. The molecular formula is C17H20Cl2N4O2. The van der Waals surface area contributed by atoms with Gasteiger partial charge >= 0.3 is 0 Å². The molecule has 6 nitrogen and oxygen atoms in total. The van der Waals surface area contributed by atoms with Gasteiger partial charge in [-0.3, -0.25) is 9.59 Å². The number of halogens is 2. The van der Waals surface area contributed by atoms with Crippen molar-refractivity contribution in [2.24, 2.45) is 0 Å². The van der Waals surface area contributed by atoms with Crippen molar-refractivity contribution in [1.82, 2.24) is 20.4 Å². The first kappa shape index (κ1) is 19.3. The lowest BCUT2D eigenvalue weighted by molar-refractivity contribution is -0.125. The predicted octanol–water partition coefficient (Wildman–Crippen LogP) is 2.59. The largest absolute Gasteiger partial charge is 0.355 e. The van der Waals surface area contributed by atoms with Crippen LogP contribution in [0, 0.1) is 13.8 Å². The number of benzene rings is 1. The molecule has 0 bridgehead atoms. The van der Waals surface area contributed by atoms with Gasteiger partial charge in [0.15, 0.2) is 0 Å². The molecule has 2 N–H and O–H groups in total. The molecule has 0 aliphatic carbocycles. The van der Waals surface area contributed by atoms with E-state index >= 15 is 0 Å². The van der Waals surface area contributed by atoms with E-state index in [9.17, 15) is 9.59 Å². The standard InChI is InChI=1S/C17H20Cl2N4O2/c1-4-20-17(25)9-21-16(24)8-13-10(2)22-23(11(13)3)15-6-5-12(18)7-14(15)19/h5-7H,4,8-9H2,1-3H3,(H,20,25)(H,21,24). The molecule has 8 heteroatoms. The third-order valence-electron chi connectivity index (χ3n) is 3.74. The van der Waals surface area contributed by atoms with E-state index in [1.54, 1.807) is 22.9 Å². The lowest BCUT2D eigenvalue weighted by Crippen LogP contribution is -2.37. The van der Waals surface area contributed by atoms with Crippen LogP contribution in [0.2, 0.25) is 10.0 Å². The van der Waals surface area contributed by atoms with Crippen LogP contribution in [0.1, 0.15) is 23.9 Å². The molecule has 2 rings (SSSR count). The normalized spacial score (nSPS) is 10.6. The van der Waals surface area contributed by atoms with E-state index in [4.69, 9.17) is 23.2 Å². The first-order chi connectivity index (χ1) is 11.8. The van der Waals surface area contributed by atoms with Crippen LogP contribution in [0.3, 0.4) is 0 Å². The van der Waals surface area contributed by atoms with Gasteiger partial charge in [-0.2, -0.15) is 5.10 Å². The SMILES string of the molecule is CCNC(=O)CNC(=O)Cc1c(C)nn(-c2ccc(Cl)cc2Cl)c1C. The highest BCUT2D eigenvalue weighted by molar-refractivity contribution is 6.35. The Labute approximate surface area is 156 Å². The third kappa shape index (κ3) is 4.74. The van der Waals surface area contributed by atoms with Gasteiger partial charge in [-0.1, -0.05) is 23.2 Å². The van der Waals surface area contributed by atoms with Crippen molar-refractivity contribution in [1.29, 1.82) is 0 Å². The fraction of sp³-hybridized carbons (Fsp3) is 0.353. The van der Waals surface area contributed by atoms with E-state index in [0.717, 1.165) is 17.0 Å². The van der Waals surface area contributed by atoms with Gasteiger partial charge in [0.25, 0.3) is 0 Å². The molecule has 0 radical (unpaired) electrons. The van der Waals surface area contributed by atoms with Crippen molar-refractivity contribution >= 4 is 35.0 Å². The maximum atomic E-state index is 12.1. The number of likely N-dealkylation sites (N-methyl/N-ethyl adjacent to an activating group) is 1. The van der Waals surface area contributed by atoms with Crippen LogP contribution in [0.4, 0.5) is 0 Å². The van der Waals surface area contributed by atoms with Crippen molar-refractivity contribution in [3.63, 3.8) is 0 Å². The van der Waals surface area contributed by atoms with Gasteiger partial charge < -0.3 is 10.6 Å². The van der Waals surface area contributed by atoms with Gasteiger partial charge in [0.05, 0.1) is 29.4 Å².